The highest BCUT2D eigenvalue weighted by Crippen LogP contribution is 1.88. The Morgan fingerprint density at radius 3 is 2.80 bits per heavy atom. The van der Waals surface area contributed by atoms with Crippen molar-refractivity contribution in [2.24, 2.45) is 0 Å². The maximum atomic E-state index is 10.3. The number of hydrogen-bond donors (Lipinski definition) is 2. The lowest BCUT2D eigenvalue weighted by molar-refractivity contribution is -0.139. The van der Waals surface area contributed by atoms with Crippen molar-refractivity contribution in [2.75, 3.05) is 7.11 Å². The van der Waals surface area contributed by atoms with Gasteiger partial charge in [-0.1, -0.05) is 6.92 Å². The summed E-state index contributed by atoms with van der Waals surface area (Å²) >= 11 is 0. The zero-order valence-corrected chi connectivity index (χ0v) is 6.26. The molecule has 0 amide bonds. The van der Waals surface area contributed by atoms with Crippen LogP contribution in [0.1, 0.15) is 13.3 Å². The number of rotatable bonds is 5. The molecule has 0 spiro atoms. The number of carbonyl (C=O) groups is 1. The van der Waals surface area contributed by atoms with Crippen LogP contribution in [-0.2, 0) is 9.45 Å². The molecule has 0 bridgehead atoms. The summed E-state index contributed by atoms with van der Waals surface area (Å²) in [5.74, 6) is -0.834. The molecule has 0 aromatic carbocycles. The van der Waals surface area contributed by atoms with E-state index in [0.29, 0.717) is 6.42 Å². The summed E-state index contributed by atoms with van der Waals surface area (Å²) in [7, 11) is 1.80. The molecule has 0 saturated heterocycles. The molecule has 0 fully saturated rings. The van der Waals surface area contributed by atoms with Crippen molar-refractivity contribution in [1.82, 2.24) is 5.23 Å². The maximum Gasteiger partial charge on any atom is 0.361 e. The van der Waals surface area contributed by atoms with Crippen molar-refractivity contribution in [3.8, 4) is 0 Å². The molecule has 4 nitrogen and oxygen atoms in total. The normalized spacial score (nSPS) is 12.6. The SMILES string of the molecule is CC[C@@H](NBOC)C(=O)O. The standard InChI is InChI=1S/C5H12BNO3/c1-3-4(5(8)9)7-6-10-2/h4,6-7H,3H2,1-2H3,(H,8,9)/t4-/m1/s1. The predicted octanol–water partition coefficient (Wildman–Crippen LogP) is -0.648. The summed E-state index contributed by atoms with van der Waals surface area (Å²) in [5, 5.41) is 11.2. The van der Waals surface area contributed by atoms with Gasteiger partial charge < -0.3 is 15.0 Å². The van der Waals surface area contributed by atoms with E-state index in [9.17, 15) is 4.79 Å². The molecule has 2 N–H and O–H groups in total. The van der Waals surface area contributed by atoms with Gasteiger partial charge in [0.15, 0.2) is 0 Å². The zero-order valence-electron chi connectivity index (χ0n) is 6.26. The van der Waals surface area contributed by atoms with Crippen molar-refractivity contribution >= 4 is 13.6 Å². The van der Waals surface area contributed by atoms with Crippen LogP contribution in [0.5, 0.6) is 0 Å². The number of aliphatic carboxylic acids is 1. The van der Waals surface area contributed by atoms with Crippen LogP contribution in [0.2, 0.25) is 0 Å². The molecule has 0 unspecified atom stereocenters. The van der Waals surface area contributed by atoms with Crippen LogP contribution in [-0.4, -0.2) is 31.8 Å². The van der Waals surface area contributed by atoms with Gasteiger partial charge in [0, 0.05) is 7.11 Å². The molecule has 0 aliphatic heterocycles. The maximum absolute atomic E-state index is 10.3. The van der Waals surface area contributed by atoms with E-state index in [1.54, 1.807) is 6.92 Å². The average molecular weight is 145 g/mol. The first-order chi connectivity index (χ1) is 4.72. The average Bonchev–Trinajstić information content (AvgIpc) is 1.89. The molecule has 0 aromatic rings. The number of carboxylic acid groups (broad SMARTS) is 1. The van der Waals surface area contributed by atoms with E-state index in [1.165, 1.54) is 7.11 Å². The van der Waals surface area contributed by atoms with Crippen LogP contribution in [0.25, 0.3) is 0 Å². The lowest BCUT2D eigenvalue weighted by atomic mass is 10.1. The Morgan fingerprint density at radius 2 is 2.50 bits per heavy atom. The van der Waals surface area contributed by atoms with Crippen LogP contribution in [0, 0.1) is 0 Å². The highest BCUT2D eigenvalue weighted by Gasteiger charge is 2.12. The molecule has 58 valence electrons. The first-order valence-electron chi connectivity index (χ1n) is 3.17. The third-order valence-corrected chi connectivity index (χ3v) is 1.18. The molecule has 10 heavy (non-hydrogen) atoms. The molecule has 1 atom stereocenters. The summed E-state index contributed by atoms with van der Waals surface area (Å²) in [6.45, 7) is 1.81. The second-order valence-corrected chi connectivity index (χ2v) is 1.94. The van der Waals surface area contributed by atoms with Crippen LogP contribution >= 0.6 is 0 Å². The number of carboxylic acids is 1. The minimum absolute atomic E-state index is 0.283. The molecular formula is C5H12BNO3. The van der Waals surface area contributed by atoms with Gasteiger partial charge in [0.2, 0.25) is 0 Å². The Bertz CT molecular complexity index is 109. The molecule has 0 rings (SSSR count). The van der Waals surface area contributed by atoms with Gasteiger partial charge in [0.25, 0.3) is 0 Å². The van der Waals surface area contributed by atoms with Crippen molar-refractivity contribution in [3.05, 3.63) is 0 Å². The molecule has 0 aliphatic rings. The van der Waals surface area contributed by atoms with Crippen LogP contribution < -0.4 is 5.23 Å². The highest BCUT2D eigenvalue weighted by atomic mass is 16.4. The van der Waals surface area contributed by atoms with Gasteiger partial charge in [-0.25, -0.2) is 0 Å². The first kappa shape index (κ1) is 9.45. The quantitative estimate of drug-likeness (QED) is 0.504. The van der Waals surface area contributed by atoms with Gasteiger partial charge >= 0.3 is 13.6 Å². The molecule has 0 radical (unpaired) electrons. The molecule has 5 heteroatoms. The van der Waals surface area contributed by atoms with Crippen LogP contribution in [0.3, 0.4) is 0 Å². The molecule has 0 aromatic heterocycles. The van der Waals surface area contributed by atoms with Gasteiger partial charge in [0.05, 0.1) is 6.04 Å². The topological polar surface area (TPSA) is 58.6 Å². The Balaban J connectivity index is 3.50. The fourth-order valence-corrected chi connectivity index (χ4v) is 0.590. The van der Waals surface area contributed by atoms with E-state index in [-0.39, 0.29) is 7.62 Å². The second kappa shape index (κ2) is 5.26. The highest BCUT2D eigenvalue weighted by molar-refractivity contribution is 6.24. The van der Waals surface area contributed by atoms with E-state index in [1.807, 2.05) is 0 Å². The van der Waals surface area contributed by atoms with Gasteiger partial charge in [-0.2, -0.15) is 0 Å². The van der Waals surface area contributed by atoms with E-state index < -0.39 is 12.0 Å². The first-order valence-corrected chi connectivity index (χ1v) is 3.17. The van der Waals surface area contributed by atoms with Gasteiger partial charge in [0.1, 0.15) is 0 Å². The lowest BCUT2D eigenvalue weighted by Gasteiger charge is -2.08. The molecule has 0 heterocycles. The Labute approximate surface area is 60.9 Å². The zero-order chi connectivity index (χ0) is 7.98. The fraction of sp³-hybridized carbons (Fsp3) is 0.800. The number of hydrogen-bond acceptors (Lipinski definition) is 3. The molecule has 0 aliphatic carbocycles. The molecule has 0 saturated carbocycles. The monoisotopic (exact) mass is 145 g/mol. The van der Waals surface area contributed by atoms with Crippen LogP contribution in [0.4, 0.5) is 0 Å². The van der Waals surface area contributed by atoms with Gasteiger partial charge in [-0.05, 0) is 6.42 Å². The van der Waals surface area contributed by atoms with Gasteiger partial charge in [-0.15, -0.1) is 0 Å². The molecular weight excluding hydrogens is 133 g/mol. The van der Waals surface area contributed by atoms with E-state index >= 15 is 0 Å². The minimum Gasteiger partial charge on any atom is -0.480 e. The Hall–Kier alpha value is -0.545. The van der Waals surface area contributed by atoms with Crippen molar-refractivity contribution in [3.63, 3.8) is 0 Å². The van der Waals surface area contributed by atoms with Crippen LogP contribution in [0.15, 0.2) is 0 Å². The Kier molecular flexibility index (Phi) is 4.97. The fourth-order valence-electron chi connectivity index (χ4n) is 0.590. The van der Waals surface area contributed by atoms with E-state index in [4.69, 9.17) is 5.11 Å². The third-order valence-electron chi connectivity index (χ3n) is 1.18. The third kappa shape index (κ3) is 3.47. The van der Waals surface area contributed by atoms with Gasteiger partial charge in [-0.3, -0.25) is 4.79 Å². The number of nitrogens with one attached hydrogen (secondary N) is 1. The minimum atomic E-state index is -0.834. The second-order valence-electron chi connectivity index (χ2n) is 1.94. The Morgan fingerprint density at radius 1 is 1.90 bits per heavy atom. The summed E-state index contributed by atoms with van der Waals surface area (Å²) < 4.78 is 4.65. The summed E-state index contributed by atoms with van der Waals surface area (Å²) in [6, 6.07) is -0.486. The lowest BCUT2D eigenvalue weighted by Crippen LogP contribution is -2.39. The van der Waals surface area contributed by atoms with Crippen molar-refractivity contribution < 1.29 is 14.6 Å². The smallest absolute Gasteiger partial charge is 0.361 e. The van der Waals surface area contributed by atoms with Crippen molar-refractivity contribution in [2.45, 2.75) is 19.4 Å². The summed E-state index contributed by atoms with van der Waals surface area (Å²) in [6.07, 6.45) is 0.568. The van der Waals surface area contributed by atoms with E-state index in [2.05, 4.69) is 9.88 Å². The van der Waals surface area contributed by atoms with Crippen molar-refractivity contribution in [1.29, 1.82) is 0 Å². The summed E-state index contributed by atoms with van der Waals surface area (Å²) in [4.78, 5) is 10.3. The summed E-state index contributed by atoms with van der Waals surface area (Å²) in [5.41, 5.74) is 0. The largest absolute Gasteiger partial charge is 0.480 e. The predicted molar refractivity (Wildman–Crippen MR) is 39.0 cm³/mol. The van der Waals surface area contributed by atoms with E-state index in [0.717, 1.165) is 0 Å².